The quantitative estimate of drug-likeness (QED) is 0.699. The molecule has 0 aromatic carbocycles. The number of nitrogens with zero attached hydrogens (tertiary/aromatic N) is 2. The Bertz CT molecular complexity index is 280. The Hall–Kier alpha value is -0.670. The van der Waals surface area contributed by atoms with Crippen LogP contribution in [0.2, 0.25) is 0 Å². The predicted molar refractivity (Wildman–Crippen MR) is 72.2 cm³/mol. The van der Waals surface area contributed by atoms with Crippen LogP contribution in [0.3, 0.4) is 0 Å². The highest BCUT2D eigenvalue weighted by Crippen LogP contribution is 2.22. The highest BCUT2D eigenvalue weighted by molar-refractivity contribution is 5.90. The lowest BCUT2D eigenvalue weighted by molar-refractivity contribution is -0.116. The summed E-state index contributed by atoms with van der Waals surface area (Å²) in [5.41, 5.74) is 0.217. The molecule has 0 unspecified atom stereocenters. The zero-order valence-electron chi connectivity index (χ0n) is 11.7. The summed E-state index contributed by atoms with van der Waals surface area (Å²) >= 11 is 0. The summed E-state index contributed by atoms with van der Waals surface area (Å²) in [5, 5.41) is 0. The summed E-state index contributed by atoms with van der Waals surface area (Å²) in [6.07, 6.45) is 2.56. The third-order valence-electron chi connectivity index (χ3n) is 3.51. The standard InChI is InChI=1S/C14H26N2O/c1-6-12-10-15(11-13(17)7-2)8-9-16(12)14(3,4)5/h7,12H,2,6,8-11H2,1,3-5H3/t12-/m0/s1. The molecule has 1 fully saturated rings. The van der Waals surface area contributed by atoms with E-state index < -0.39 is 0 Å². The topological polar surface area (TPSA) is 23.6 Å². The van der Waals surface area contributed by atoms with E-state index in [1.807, 2.05) is 0 Å². The fraction of sp³-hybridized carbons (Fsp3) is 0.786. The molecule has 0 N–H and O–H groups in total. The maximum Gasteiger partial charge on any atom is 0.169 e. The molecule has 1 heterocycles. The molecule has 0 amide bonds. The van der Waals surface area contributed by atoms with Crippen molar-refractivity contribution >= 4 is 5.78 Å². The van der Waals surface area contributed by atoms with E-state index in [-0.39, 0.29) is 11.3 Å². The third-order valence-corrected chi connectivity index (χ3v) is 3.51. The number of ketones is 1. The van der Waals surface area contributed by atoms with Crippen LogP contribution < -0.4 is 0 Å². The average Bonchev–Trinajstić information content (AvgIpc) is 2.27. The molecule has 1 aliphatic heterocycles. The van der Waals surface area contributed by atoms with Crippen molar-refractivity contribution < 1.29 is 4.79 Å². The summed E-state index contributed by atoms with van der Waals surface area (Å²) in [6.45, 7) is 16.1. The van der Waals surface area contributed by atoms with E-state index in [1.165, 1.54) is 6.08 Å². The largest absolute Gasteiger partial charge is 0.293 e. The molecule has 0 spiro atoms. The van der Waals surface area contributed by atoms with Gasteiger partial charge in [-0.05, 0) is 33.3 Å². The van der Waals surface area contributed by atoms with E-state index >= 15 is 0 Å². The lowest BCUT2D eigenvalue weighted by atomic mass is 9.98. The summed E-state index contributed by atoms with van der Waals surface area (Å²) in [5.74, 6) is 0.129. The molecule has 1 rings (SSSR count). The number of carbonyl (C=O) groups excluding carboxylic acids is 1. The number of hydrogen-bond acceptors (Lipinski definition) is 3. The molecule has 0 aromatic rings. The first-order chi connectivity index (χ1) is 7.88. The van der Waals surface area contributed by atoms with Gasteiger partial charge < -0.3 is 0 Å². The molecular weight excluding hydrogens is 212 g/mol. The summed E-state index contributed by atoms with van der Waals surface area (Å²) < 4.78 is 0. The maximum atomic E-state index is 11.4. The fourth-order valence-electron chi connectivity index (χ4n) is 2.58. The number of hydrogen-bond donors (Lipinski definition) is 0. The Morgan fingerprint density at radius 2 is 2.06 bits per heavy atom. The minimum atomic E-state index is 0.129. The first-order valence-electron chi connectivity index (χ1n) is 6.52. The van der Waals surface area contributed by atoms with Crippen LogP contribution in [0, 0.1) is 0 Å². The first kappa shape index (κ1) is 14.4. The fourth-order valence-corrected chi connectivity index (χ4v) is 2.58. The average molecular weight is 238 g/mol. The molecule has 98 valence electrons. The van der Waals surface area contributed by atoms with Gasteiger partial charge in [0.1, 0.15) is 0 Å². The SMILES string of the molecule is C=CC(=O)CN1CCN(C(C)(C)C)[C@@H](CC)C1. The molecule has 1 saturated heterocycles. The molecule has 3 heteroatoms. The second-order valence-corrected chi connectivity index (χ2v) is 5.83. The molecule has 0 bridgehead atoms. The van der Waals surface area contributed by atoms with E-state index in [9.17, 15) is 4.79 Å². The lowest BCUT2D eigenvalue weighted by Crippen LogP contribution is -2.59. The number of piperazine rings is 1. The normalized spacial score (nSPS) is 23.6. The second kappa shape index (κ2) is 5.78. The van der Waals surface area contributed by atoms with E-state index in [0.29, 0.717) is 12.6 Å². The van der Waals surface area contributed by atoms with Crippen molar-refractivity contribution in [1.29, 1.82) is 0 Å². The van der Waals surface area contributed by atoms with Crippen LogP contribution in [0.4, 0.5) is 0 Å². The molecule has 1 aliphatic rings. The first-order valence-corrected chi connectivity index (χ1v) is 6.52. The van der Waals surface area contributed by atoms with Crippen molar-refractivity contribution in [3.05, 3.63) is 12.7 Å². The van der Waals surface area contributed by atoms with Gasteiger partial charge in [0.25, 0.3) is 0 Å². The summed E-state index contributed by atoms with van der Waals surface area (Å²) in [4.78, 5) is 16.2. The van der Waals surface area contributed by atoms with Crippen molar-refractivity contribution in [2.45, 2.75) is 45.7 Å². The van der Waals surface area contributed by atoms with Gasteiger partial charge in [-0.1, -0.05) is 13.5 Å². The molecule has 3 nitrogen and oxygen atoms in total. The Morgan fingerprint density at radius 3 is 2.53 bits per heavy atom. The Labute approximate surface area is 105 Å². The summed E-state index contributed by atoms with van der Waals surface area (Å²) in [6, 6.07) is 0.557. The Morgan fingerprint density at radius 1 is 1.41 bits per heavy atom. The van der Waals surface area contributed by atoms with Crippen molar-refractivity contribution in [2.75, 3.05) is 26.2 Å². The van der Waals surface area contributed by atoms with Gasteiger partial charge in [0, 0.05) is 31.2 Å². The zero-order chi connectivity index (χ0) is 13.1. The van der Waals surface area contributed by atoms with Crippen molar-refractivity contribution in [3.8, 4) is 0 Å². The van der Waals surface area contributed by atoms with Gasteiger partial charge in [-0.3, -0.25) is 14.6 Å². The lowest BCUT2D eigenvalue weighted by Gasteiger charge is -2.47. The van der Waals surface area contributed by atoms with Gasteiger partial charge >= 0.3 is 0 Å². The monoisotopic (exact) mass is 238 g/mol. The Kier molecular flexibility index (Phi) is 4.90. The van der Waals surface area contributed by atoms with Gasteiger partial charge in [0.2, 0.25) is 0 Å². The van der Waals surface area contributed by atoms with Gasteiger partial charge in [0.15, 0.2) is 5.78 Å². The van der Waals surface area contributed by atoms with Crippen LogP contribution in [0.5, 0.6) is 0 Å². The van der Waals surface area contributed by atoms with Crippen LogP contribution in [0.1, 0.15) is 34.1 Å². The van der Waals surface area contributed by atoms with E-state index in [0.717, 1.165) is 26.1 Å². The Balaban J connectivity index is 2.60. The molecule has 17 heavy (non-hydrogen) atoms. The van der Waals surface area contributed by atoms with Crippen molar-refractivity contribution in [3.63, 3.8) is 0 Å². The van der Waals surface area contributed by atoms with Gasteiger partial charge in [-0.25, -0.2) is 0 Å². The van der Waals surface area contributed by atoms with Crippen molar-refractivity contribution in [1.82, 2.24) is 9.80 Å². The highest BCUT2D eigenvalue weighted by atomic mass is 16.1. The van der Waals surface area contributed by atoms with E-state index in [2.05, 4.69) is 44.1 Å². The minimum Gasteiger partial charge on any atom is -0.293 e. The highest BCUT2D eigenvalue weighted by Gasteiger charge is 2.32. The molecule has 0 radical (unpaired) electrons. The van der Waals surface area contributed by atoms with E-state index in [4.69, 9.17) is 0 Å². The summed E-state index contributed by atoms with van der Waals surface area (Å²) in [7, 11) is 0. The molecule has 1 atom stereocenters. The molecule has 0 aromatic heterocycles. The van der Waals surface area contributed by atoms with Gasteiger partial charge in [-0.15, -0.1) is 0 Å². The van der Waals surface area contributed by atoms with Crippen molar-refractivity contribution in [2.24, 2.45) is 0 Å². The third kappa shape index (κ3) is 3.93. The van der Waals surface area contributed by atoms with Gasteiger partial charge in [-0.2, -0.15) is 0 Å². The number of rotatable bonds is 4. The van der Waals surface area contributed by atoms with Crippen LogP contribution in [0.15, 0.2) is 12.7 Å². The minimum absolute atomic E-state index is 0.129. The predicted octanol–water partition coefficient (Wildman–Crippen LogP) is 1.94. The smallest absolute Gasteiger partial charge is 0.169 e. The van der Waals surface area contributed by atoms with E-state index in [1.54, 1.807) is 0 Å². The van der Waals surface area contributed by atoms with Crippen LogP contribution in [-0.2, 0) is 4.79 Å². The molecule has 0 aliphatic carbocycles. The van der Waals surface area contributed by atoms with Gasteiger partial charge in [0.05, 0.1) is 6.54 Å². The van der Waals surface area contributed by atoms with Crippen LogP contribution in [0.25, 0.3) is 0 Å². The maximum absolute atomic E-state index is 11.4. The number of carbonyl (C=O) groups is 1. The molecular formula is C14H26N2O. The van der Waals surface area contributed by atoms with Crippen LogP contribution in [-0.4, -0.2) is 53.3 Å². The van der Waals surface area contributed by atoms with Crippen LogP contribution >= 0.6 is 0 Å². The zero-order valence-corrected chi connectivity index (χ0v) is 11.7. The molecule has 0 saturated carbocycles. The second-order valence-electron chi connectivity index (χ2n) is 5.83.